The van der Waals surface area contributed by atoms with Crippen molar-refractivity contribution in [3.8, 4) is 11.5 Å². The van der Waals surface area contributed by atoms with Gasteiger partial charge in [-0.05, 0) is 6.07 Å². The van der Waals surface area contributed by atoms with Crippen LogP contribution in [0.5, 0.6) is 11.5 Å². The Balaban J connectivity index is 3.95. The molecule has 0 unspecified atom stereocenters. The van der Waals surface area contributed by atoms with Gasteiger partial charge in [0, 0.05) is 26.7 Å². The van der Waals surface area contributed by atoms with Crippen molar-refractivity contribution in [3.05, 3.63) is 23.3 Å². The van der Waals surface area contributed by atoms with Gasteiger partial charge in [-0.15, -0.1) is 0 Å². The maximum Gasteiger partial charge on any atom is 0.523 e. The highest BCUT2D eigenvalue weighted by molar-refractivity contribution is 7.56. The summed E-state index contributed by atoms with van der Waals surface area (Å²) in [6, 6.07) is 3.50. The molecule has 0 aliphatic carbocycles. The molecule has 0 spiro atoms. The fourth-order valence-electron chi connectivity index (χ4n) is 4.20. The van der Waals surface area contributed by atoms with E-state index in [9.17, 15) is 4.79 Å². The Morgan fingerprint density at radius 2 is 1.03 bits per heavy atom. The van der Waals surface area contributed by atoms with Crippen molar-refractivity contribution in [2.75, 3.05) is 21.3 Å². The van der Waals surface area contributed by atoms with Gasteiger partial charge in [-0.3, -0.25) is 0 Å². The second-order valence-electron chi connectivity index (χ2n) is 12.5. The van der Waals surface area contributed by atoms with Crippen molar-refractivity contribution < 1.29 is 27.7 Å². The van der Waals surface area contributed by atoms with Crippen LogP contribution in [0.3, 0.4) is 0 Å². The predicted octanol–water partition coefficient (Wildman–Crippen LogP) is 8.17. The second-order valence-corrected chi connectivity index (χ2v) is 19.4. The highest BCUT2D eigenvalue weighted by Gasteiger charge is 2.41. The van der Waals surface area contributed by atoms with Gasteiger partial charge in [-0.25, -0.2) is 4.79 Å². The molecular weight excluding hydrogens is 482 g/mol. The normalized spacial score (nSPS) is 13.8. The minimum absolute atomic E-state index is 0.101. The number of methoxy groups -OCH3 is 2. The van der Waals surface area contributed by atoms with Crippen molar-refractivity contribution in [2.24, 2.45) is 0 Å². The van der Waals surface area contributed by atoms with E-state index in [1.807, 2.05) is 0 Å². The number of carbonyl (C=O) groups is 1. The van der Waals surface area contributed by atoms with Gasteiger partial charge < -0.3 is 22.9 Å². The molecule has 0 aliphatic rings. The summed E-state index contributed by atoms with van der Waals surface area (Å²) >= 11 is 0. The van der Waals surface area contributed by atoms with Crippen LogP contribution in [0, 0.1) is 0 Å². The summed E-state index contributed by atoms with van der Waals surface area (Å²) in [5.41, 5.74) is 0.845. The van der Waals surface area contributed by atoms with Crippen LogP contribution in [0.1, 0.15) is 103 Å². The monoisotopic (exact) mass is 529 g/mol. The van der Waals surface area contributed by atoms with Crippen molar-refractivity contribution in [1.82, 2.24) is 0 Å². The number of esters is 2. The number of hydrogen-bond acceptors (Lipinski definition) is 5. The fraction of sp³-hybridized carbons (Fsp3) is 0.704. The first-order valence-electron chi connectivity index (χ1n) is 11.9. The summed E-state index contributed by atoms with van der Waals surface area (Å²) in [4.78, 5) is 12.9. The summed E-state index contributed by atoms with van der Waals surface area (Å²) in [5.74, 6) is 0.755. The van der Waals surface area contributed by atoms with Gasteiger partial charge in [0.25, 0.3) is 0 Å². The Labute approximate surface area is 215 Å². The molecule has 0 aliphatic heterocycles. The molecular formula is C27H47O6P2+. The van der Waals surface area contributed by atoms with Crippen LogP contribution >= 0.6 is 16.3 Å². The summed E-state index contributed by atoms with van der Waals surface area (Å²) in [7, 11) is 2.45. The Kier molecular flexibility index (Phi) is 10.3. The molecule has 35 heavy (non-hydrogen) atoms. The van der Waals surface area contributed by atoms with Gasteiger partial charge in [0.05, 0.1) is 23.4 Å². The highest BCUT2D eigenvalue weighted by atomic mass is 31.1. The van der Waals surface area contributed by atoms with Crippen LogP contribution in [0.15, 0.2) is 12.1 Å². The Morgan fingerprint density at radius 1 is 0.657 bits per heavy atom. The molecule has 1 aromatic carbocycles. The first-order chi connectivity index (χ1) is 15.7. The molecule has 1 rings (SSSR count). The number of hydrogen-bond donors (Lipinski definition) is 0. The van der Waals surface area contributed by atoms with E-state index in [-0.39, 0.29) is 26.6 Å². The lowest BCUT2D eigenvalue weighted by Crippen LogP contribution is -2.29. The topological polar surface area (TPSA) is 65.3 Å². The molecule has 0 saturated heterocycles. The van der Waals surface area contributed by atoms with Gasteiger partial charge in [0.1, 0.15) is 17.1 Å². The molecule has 0 N–H and O–H groups in total. The van der Waals surface area contributed by atoms with Crippen LogP contribution in [-0.2, 0) is 9.47 Å². The van der Waals surface area contributed by atoms with Crippen LogP contribution in [0.2, 0.25) is 0 Å². The zero-order valence-electron chi connectivity index (χ0n) is 24.5. The smallest absolute Gasteiger partial charge is 0.472 e. The third kappa shape index (κ3) is 8.32. The van der Waals surface area contributed by atoms with Gasteiger partial charge in [0.2, 0.25) is 0 Å². The van der Waals surface area contributed by atoms with E-state index in [0.29, 0.717) is 22.6 Å². The van der Waals surface area contributed by atoms with E-state index >= 15 is 0 Å². The third-order valence-electron chi connectivity index (χ3n) is 4.89. The molecule has 8 heteroatoms. The maximum atomic E-state index is 12.9. The lowest BCUT2D eigenvalue weighted by molar-refractivity contribution is -0.239. The molecule has 1 aromatic rings. The minimum atomic E-state index is -1.00. The van der Waals surface area contributed by atoms with Crippen molar-refractivity contribution >= 4 is 28.2 Å². The van der Waals surface area contributed by atoms with Crippen LogP contribution < -0.4 is 9.05 Å². The number of rotatable bonds is 6. The minimum Gasteiger partial charge on any atom is -0.472 e. The van der Waals surface area contributed by atoms with E-state index in [1.165, 1.54) is 21.3 Å². The molecule has 0 radical (unpaired) electrons. The van der Waals surface area contributed by atoms with Crippen LogP contribution in [0.25, 0.3) is 0 Å². The van der Waals surface area contributed by atoms with E-state index < -0.39 is 22.3 Å². The summed E-state index contributed by atoms with van der Waals surface area (Å²) in [5, 5.41) is -0.450. The zero-order chi connectivity index (χ0) is 27.6. The SMILES string of the molecule is COC(=O)c1cc(C(OC)=[O+]C)c(OP(C(C)(C)C)C(C)(C)C)cc1OP(C(C)(C)C)C(C)(C)C. The van der Waals surface area contributed by atoms with Crippen molar-refractivity contribution in [2.45, 2.75) is 104 Å². The predicted molar refractivity (Wildman–Crippen MR) is 149 cm³/mol. The van der Waals surface area contributed by atoms with E-state index in [2.05, 4.69) is 83.1 Å². The summed E-state index contributed by atoms with van der Waals surface area (Å²) in [6.45, 7) is 26.0. The van der Waals surface area contributed by atoms with Crippen molar-refractivity contribution in [1.29, 1.82) is 0 Å². The van der Waals surface area contributed by atoms with Gasteiger partial charge in [-0.2, -0.15) is 0 Å². The number of ether oxygens (including phenoxy) is 2. The number of carbonyl (C=O) groups excluding carboxylic acids is 2. The Bertz CT molecular complexity index is 884. The lowest BCUT2D eigenvalue weighted by atomic mass is 10.1. The Hall–Kier alpha value is -1.38. The van der Waals surface area contributed by atoms with Gasteiger partial charge in [0.15, 0.2) is 19.8 Å². The van der Waals surface area contributed by atoms with Gasteiger partial charge >= 0.3 is 11.9 Å². The molecule has 0 fully saturated rings. The number of benzene rings is 1. The highest BCUT2D eigenvalue weighted by Crippen LogP contribution is 2.62. The van der Waals surface area contributed by atoms with Crippen molar-refractivity contribution in [3.63, 3.8) is 0 Å². The largest absolute Gasteiger partial charge is 0.523 e. The molecule has 0 aromatic heterocycles. The van der Waals surface area contributed by atoms with E-state index in [0.717, 1.165) is 0 Å². The fourth-order valence-corrected chi connectivity index (χ4v) is 10.0. The lowest BCUT2D eigenvalue weighted by Gasteiger charge is -2.41. The maximum absolute atomic E-state index is 12.9. The molecule has 200 valence electrons. The van der Waals surface area contributed by atoms with E-state index in [1.54, 1.807) is 12.1 Å². The molecule has 0 saturated carbocycles. The molecule has 0 amide bonds. The van der Waals surface area contributed by atoms with Gasteiger partial charge in [-0.1, -0.05) is 83.1 Å². The molecule has 0 bridgehead atoms. The molecule has 0 heterocycles. The Morgan fingerprint density at radius 3 is 1.31 bits per heavy atom. The first kappa shape index (κ1) is 31.6. The summed E-state index contributed by atoms with van der Waals surface area (Å²) in [6.07, 6.45) is 0. The standard InChI is InChI=1S/C27H47O6P2/c1-24(2,3)34(25(4,5)6)32-20-17-21(33-35(26(7,8)9)27(10,11)12)19(23(30-14)31-15)16-18(20)22(28)29-13/h16-17H,1-15H3/q+1. The van der Waals surface area contributed by atoms with Crippen LogP contribution in [-0.4, -0.2) is 53.9 Å². The average molecular weight is 530 g/mol. The molecule has 6 nitrogen and oxygen atoms in total. The quantitative estimate of drug-likeness (QED) is 0.211. The first-order valence-corrected chi connectivity index (χ1v) is 14.4. The zero-order valence-corrected chi connectivity index (χ0v) is 26.3. The molecule has 0 atom stereocenters. The summed E-state index contributed by atoms with van der Waals surface area (Å²) < 4.78 is 29.6. The third-order valence-corrected chi connectivity index (χ3v) is 10.5. The second kappa shape index (κ2) is 11.3. The average Bonchev–Trinajstić information content (AvgIpc) is 2.67. The van der Waals surface area contributed by atoms with Crippen LogP contribution in [0.4, 0.5) is 0 Å². The van der Waals surface area contributed by atoms with E-state index in [4.69, 9.17) is 22.9 Å².